The average molecular weight is 258 g/mol. The van der Waals surface area contributed by atoms with E-state index in [4.69, 9.17) is 16.7 Å². The molecule has 1 saturated carbocycles. The molecule has 1 aliphatic carbocycles. The number of hydrogen-bond donors (Lipinski definition) is 2. The fraction of sp³-hybridized carbons (Fsp3) is 0.417. The van der Waals surface area contributed by atoms with Gasteiger partial charge in [0, 0.05) is 17.1 Å². The first kappa shape index (κ1) is 12.3. The summed E-state index contributed by atoms with van der Waals surface area (Å²) < 4.78 is 13.4. The maximum absolute atomic E-state index is 13.4. The number of nitrogens with one attached hydrogen (secondary N) is 1. The van der Waals surface area contributed by atoms with Crippen LogP contribution in [0.1, 0.15) is 18.4 Å². The second-order valence-corrected chi connectivity index (χ2v) is 4.71. The van der Waals surface area contributed by atoms with Gasteiger partial charge in [-0.2, -0.15) is 0 Å². The van der Waals surface area contributed by atoms with Gasteiger partial charge in [0.25, 0.3) is 0 Å². The lowest BCUT2D eigenvalue weighted by atomic mass is 10.1. The molecule has 0 saturated heterocycles. The molecular formula is C12H13ClFNO2. The summed E-state index contributed by atoms with van der Waals surface area (Å²) in [6.07, 6.45) is 1.84. The molecule has 0 heterocycles. The van der Waals surface area contributed by atoms with Crippen molar-refractivity contribution in [1.82, 2.24) is 5.32 Å². The Hall–Kier alpha value is -1.13. The molecule has 0 aliphatic heterocycles. The number of carboxylic acids is 1. The lowest BCUT2D eigenvalue weighted by molar-refractivity contribution is -0.140. The Morgan fingerprint density at radius 3 is 2.88 bits per heavy atom. The van der Waals surface area contributed by atoms with Crippen LogP contribution in [0.4, 0.5) is 4.39 Å². The van der Waals surface area contributed by atoms with E-state index in [2.05, 4.69) is 5.32 Å². The summed E-state index contributed by atoms with van der Waals surface area (Å²) >= 11 is 5.76. The number of carboxylic acid groups (broad SMARTS) is 1. The second kappa shape index (κ2) is 5.02. The molecule has 5 heteroatoms. The Morgan fingerprint density at radius 1 is 1.59 bits per heavy atom. The largest absolute Gasteiger partial charge is 0.480 e. The lowest BCUT2D eigenvalue weighted by Crippen LogP contribution is -2.38. The van der Waals surface area contributed by atoms with Crippen molar-refractivity contribution in [3.8, 4) is 0 Å². The molecule has 0 bridgehead atoms. The van der Waals surface area contributed by atoms with E-state index < -0.39 is 12.0 Å². The standard InChI is InChI=1S/C12H13ClFNO2/c13-9-3-4-10(14)8(5-9)6-15-11(12(16)17)7-1-2-7/h3-5,7,11,15H,1-2,6H2,(H,16,17). The third-order valence-corrected chi connectivity index (χ3v) is 3.11. The van der Waals surface area contributed by atoms with Crippen LogP contribution >= 0.6 is 11.6 Å². The minimum atomic E-state index is -0.880. The molecule has 3 nitrogen and oxygen atoms in total. The molecular weight excluding hydrogens is 245 g/mol. The summed E-state index contributed by atoms with van der Waals surface area (Å²) in [4.78, 5) is 11.0. The Bertz CT molecular complexity index is 435. The van der Waals surface area contributed by atoms with Gasteiger partial charge < -0.3 is 5.11 Å². The van der Waals surface area contributed by atoms with Gasteiger partial charge in [0.1, 0.15) is 11.9 Å². The van der Waals surface area contributed by atoms with Gasteiger partial charge in [0.15, 0.2) is 0 Å². The zero-order valence-electron chi connectivity index (χ0n) is 9.12. The summed E-state index contributed by atoms with van der Waals surface area (Å²) in [5, 5.41) is 12.3. The molecule has 1 unspecified atom stereocenters. The molecule has 17 heavy (non-hydrogen) atoms. The molecule has 0 amide bonds. The fourth-order valence-electron chi connectivity index (χ4n) is 1.78. The Balaban J connectivity index is 2.00. The van der Waals surface area contributed by atoms with Crippen LogP contribution in [-0.2, 0) is 11.3 Å². The molecule has 0 radical (unpaired) electrons. The molecule has 0 spiro atoms. The van der Waals surface area contributed by atoms with Crippen molar-refractivity contribution in [3.63, 3.8) is 0 Å². The maximum atomic E-state index is 13.4. The predicted molar refractivity (Wildman–Crippen MR) is 62.4 cm³/mol. The van der Waals surface area contributed by atoms with E-state index in [0.29, 0.717) is 10.6 Å². The van der Waals surface area contributed by atoms with Gasteiger partial charge in [-0.15, -0.1) is 0 Å². The normalized spacial score (nSPS) is 16.8. The molecule has 2 rings (SSSR count). The number of halogens is 2. The van der Waals surface area contributed by atoms with Crippen molar-refractivity contribution in [1.29, 1.82) is 0 Å². The Labute approximate surface area is 104 Å². The molecule has 92 valence electrons. The Morgan fingerprint density at radius 2 is 2.29 bits per heavy atom. The van der Waals surface area contributed by atoms with E-state index in [-0.39, 0.29) is 18.3 Å². The smallest absolute Gasteiger partial charge is 0.320 e. The first-order chi connectivity index (χ1) is 8.08. The highest BCUT2D eigenvalue weighted by Gasteiger charge is 2.35. The topological polar surface area (TPSA) is 49.3 Å². The summed E-state index contributed by atoms with van der Waals surface area (Å²) in [5.74, 6) is -1.08. The van der Waals surface area contributed by atoms with Gasteiger partial charge in [-0.05, 0) is 37.0 Å². The summed E-state index contributed by atoms with van der Waals surface area (Å²) in [7, 11) is 0. The van der Waals surface area contributed by atoms with Crippen LogP contribution < -0.4 is 5.32 Å². The summed E-state index contributed by atoms with van der Waals surface area (Å²) in [5.41, 5.74) is 0.393. The average Bonchev–Trinajstić information content (AvgIpc) is 3.07. The van der Waals surface area contributed by atoms with Gasteiger partial charge in [-0.1, -0.05) is 11.6 Å². The number of carbonyl (C=O) groups is 1. The molecule has 1 atom stereocenters. The summed E-state index contributed by atoms with van der Waals surface area (Å²) in [6, 6.07) is 3.67. The van der Waals surface area contributed by atoms with Crippen LogP contribution in [0.3, 0.4) is 0 Å². The van der Waals surface area contributed by atoms with Crippen molar-refractivity contribution in [2.24, 2.45) is 5.92 Å². The molecule has 1 fully saturated rings. The lowest BCUT2D eigenvalue weighted by Gasteiger charge is -2.13. The first-order valence-electron chi connectivity index (χ1n) is 5.48. The van der Waals surface area contributed by atoms with Crippen LogP contribution in [0.15, 0.2) is 18.2 Å². The molecule has 1 aliphatic rings. The van der Waals surface area contributed by atoms with Gasteiger partial charge in [-0.25, -0.2) is 4.39 Å². The number of rotatable bonds is 5. The highest BCUT2D eigenvalue weighted by Crippen LogP contribution is 2.33. The molecule has 2 N–H and O–H groups in total. The number of hydrogen-bond acceptors (Lipinski definition) is 2. The zero-order valence-corrected chi connectivity index (χ0v) is 9.88. The van der Waals surface area contributed by atoms with Gasteiger partial charge in [0.05, 0.1) is 0 Å². The number of aliphatic carboxylic acids is 1. The minimum Gasteiger partial charge on any atom is -0.480 e. The fourth-order valence-corrected chi connectivity index (χ4v) is 1.98. The van der Waals surface area contributed by atoms with Crippen molar-refractivity contribution >= 4 is 17.6 Å². The second-order valence-electron chi connectivity index (χ2n) is 4.27. The number of benzene rings is 1. The van der Waals surface area contributed by atoms with Crippen LogP contribution in [0.2, 0.25) is 5.02 Å². The van der Waals surface area contributed by atoms with Gasteiger partial charge in [0.2, 0.25) is 0 Å². The Kier molecular flexibility index (Phi) is 3.64. The SMILES string of the molecule is O=C(O)C(NCc1cc(Cl)ccc1F)C1CC1. The predicted octanol–water partition coefficient (Wildman–Crippen LogP) is 2.43. The molecule has 1 aromatic carbocycles. The zero-order chi connectivity index (χ0) is 12.4. The van der Waals surface area contributed by atoms with Gasteiger partial charge >= 0.3 is 5.97 Å². The van der Waals surface area contributed by atoms with E-state index in [1.54, 1.807) is 0 Å². The van der Waals surface area contributed by atoms with E-state index >= 15 is 0 Å². The van der Waals surface area contributed by atoms with Crippen molar-refractivity contribution in [3.05, 3.63) is 34.6 Å². The van der Waals surface area contributed by atoms with E-state index in [9.17, 15) is 9.18 Å². The maximum Gasteiger partial charge on any atom is 0.320 e. The van der Waals surface area contributed by atoms with E-state index in [1.165, 1.54) is 18.2 Å². The van der Waals surface area contributed by atoms with E-state index in [1.807, 2.05) is 0 Å². The van der Waals surface area contributed by atoms with Crippen LogP contribution in [0.25, 0.3) is 0 Å². The quantitative estimate of drug-likeness (QED) is 0.852. The van der Waals surface area contributed by atoms with Crippen LogP contribution in [0.5, 0.6) is 0 Å². The summed E-state index contributed by atoms with van der Waals surface area (Å²) in [6.45, 7) is 0.180. The van der Waals surface area contributed by atoms with Crippen molar-refractivity contribution < 1.29 is 14.3 Å². The van der Waals surface area contributed by atoms with Crippen LogP contribution in [0, 0.1) is 11.7 Å². The third-order valence-electron chi connectivity index (χ3n) is 2.88. The van der Waals surface area contributed by atoms with Crippen LogP contribution in [-0.4, -0.2) is 17.1 Å². The monoisotopic (exact) mass is 257 g/mol. The first-order valence-corrected chi connectivity index (χ1v) is 5.86. The van der Waals surface area contributed by atoms with E-state index in [0.717, 1.165) is 12.8 Å². The van der Waals surface area contributed by atoms with Crippen molar-refractivity contribution in [2.75, 3.05) is 0 Å². The molecule has 0 aromatic heterocycles. The van der Waals surface area contributed by atoms with Crippen molar-refractivity contribution in [2.45, 2.75) is 25.4 Å². The highest BCUT2D eigenvalue weighted by molar-refractivity contribution is 6.30. The van der Waals surface area contributed by atoms with Gasteiger partial charge in [-0.3, -0.25) is 10.1 Å². The minimum absolute atomic E-state index is 0.176. The molecule has 1 aromatic rings. The highest BCUT2D eigenvalue weighted by atomic mass is 35.5. The third kappa shape index (κ3) is 3.17.